The van der Waals surface area contributed by atoms with Crippen LogP contribution in [0.25, 0.3) is 112 Å². The molecule has 0 atom stereocenters. The van der Waals surface area contributed by atoms with Gasteiger partial charge in [-0.15, -0.1) is 0 Å². The first kappa shape index (κ1) is 33.3. The molecular weight excluding hydrogens is 723 g/mol. The third-order valence-electron chi connectivity index (χ3n) is 11.6. The summed E-state index contributed by atoms with van der Waals surface area (Å²) in [6, 6.07) is 63.2. The molecule has 0 unspecified atom stereocenters. The molecule has 0 saturated carbocycles. The molecule has 0 N–H and O–H groups in total. The lowest BCUT2D eigenvalue weighted by Gasteiger charge is -2.13. The Kier molecular flexibility index (Phi) is 7.53. The summed E-state index contributed by atoms with van der Waals surface area (Å²) in [4.78, 5) is 14.9. The predicted molar refractivity (Wildman–Crippen MR) is 240 cm³/mol. The van der Waals surface area contributed by atoms with E-state index in [0.717, 1.165) is 83.7 Å². The first-order valence-corrected chi connectivity index (χ1v) is 19.9. The zero-order valence-corrected chi connectivity index (χ0v) is 31.8. The van der Waals surface area contributed by atoms with Crippen molar-refractivity contribution in [1.29, 1.82) is 0 Å². The number of benzene rings is 8. The highest BCUT2D eigenvalue weighted by Crippen LogP contribution is 2.43. The predicted octanol–water partition coefficient (Wildman–Crippen LogP) is 14.1. The largest absolute Gasteiger partial charge is 0.455 e. The number of hydrogen-bond donors (Lipinski definition) is 0. The molecule has 1 aliphatic carbocycles. The van der Waals surface area contributed by atoms with Gasteiger partial charge in [-0.1, -0.05) is 158 Å². The van der Waals surface area contributed by atoms with Crippen LogP contribution in [0.3, 0.4) is 0 Å². The van der Waals surface area contributed by atoms with Gasteiger partial charge in [-0.05, 0) is 75.7 Å². The Morgan fingerprint density at radius 3 is 1.71 bits per heavy atom. The number of nitrogens with zero attached hydrogens (tertiary/aromatic N) is 3. The molecule has 12 rings (SSSR count). The van der Waals surface area contributed by atoms with Gasteiger partial charge < -0.3 is 8.83 Å². The molecular formula is C54H33N3O2. The number of rotatable bonds is 5. The highest BCUT2D eigenvalue weighted by Gasteiger charge is 2.22. The standard InChI is InChI=1S/C54H33N3O2/c1-3-13-33(14-4-1)52-55-53(34-15-5-2-6-16-34)57-54(56-52)45-23-12-22-44-47-31-35(27-28-49(47)59-51(44)45)39-29-36-17-7-8-18-40(36)46-32-38(26-25-37(46)30-39)41-20-11-21-43-42-19-9-10-24-48(42)58-50(41)43/h1-29,31-32H,30H2. The van der Waals surface area contributed by atoms with Crippen LogP contribution in [0.1, 0.15) is 16.7 Å². The average molecular weight is 756 g/mol. The molecule has 276 valence electrons. The van der Waals surface area contributed by atoms with Crippen molar-refractivity contribution in [3.05, 3.63) is 199 Å². The lowest BCUT2D eigenvalue weighted by atomic mass is 9.91. The van der Waals surface area contributed by atoms with Crippen LogP contribution in [0.5, 0.6) is 0 Å². The van der Waals surface area contributed by atoms with E-state index >= 15 is 0 Å². The van der Waals surface area contributed by atoms with Gasteiger partial charge in [-0.3, -0.25) is 0 Å². The van der Waals surface area contributed by atoms with Crippen LogP contribution >= 0.6 is 0 Å². The second-order valence-corrected chi connectivity index (χ2v) is 15.1. The van der Waals surface area contributed by atoms with E-state index in [9.17, 15) is 0 Å². The number of furan rings is 2. The minimum absolute atomic E-state index is 0.568. The Hall–Kier alpha value is -7.89. The topological polar surface area (TPSA) is 65.0 Å². The van der Waals surface area contributed by atoms with Crippen molar-refractivity contribution in [2.75, 3.05) is 0 Å². The summed E-state index contributed by atoms with van der Waals surface area (Å²) in [5.41, 5.74) is 15.6. The van der Waals surface area contributed by atoms with Gasteiger partial charge in [-0.2, -0.15) is 0 Å². The molecule has 5 nitrogen and oxygen atoms in total. The van der Waals surface area contributed by atoms with E-state index in [1.54, 1.807) is 0 Å². The second-order valence-electron chi connectivity index (χ2n) is 15.1. The molecule has 3 aromatic heterocycles. The highest BCUT2D eigenvalue weighted by atomic mass is 16.3. The van der Waals surface area contributed by atoms with Gasteiger partial charge in [0.2, 0.25) is 0 Å². The van der Waals surface area contributed by atoms with Crippen LogP contribution in [0.15, 0.2) is 191 Å². The molecule has 0 fully saturated rings. The molecule has 1 aliphatic rings. The quantitative estimate of drug-likeness (QED) is 0.175. The Bertz CT molecular complexity index is 3410. The summed E-state index contributed by atoms with van der Waals surface area (Å²) in [6.07, 6.45) is 3.13. The SMILES string of the molecule is C1=C(c2ccc3oc4c(-c5nc(-c6ccccc6)nc(-c6ccccc6)n5)cccc4c3c2)Cc2ccc(-c3cccc4c3oc3ccccc34)cc2-c2ccccc21. The lowest BCUT2D eigenvalue weighted by molar-refractivity contribution is 0.669. The third-order valence-corrected chi connectivity index (χ3v) is 11.6. The van der Waals surface area contributed by atoms with Crippen LogP contribution in [-0.4, -0.2) is 15.0 Å². The smallest absolute Gasteiger partial charge is 0.167 e. The van der Waals surface area contributed by atoms with Gasteiger partial charge in [0.05, 0.1) is 5.56 Å². The Balaban J connectivity index is 0.961. The van der Waals surface area contributed by atoms with E-state index in [4.69, 9.17) is 23.8 Å². The van der Waals surface area contributed by atoms with Gasteiger partial charge in [0.15, 0.2) is 17.5 Å². The van der Waals surface area contributed by atoms with Crippen molar-refractivity contribution in [3.63, 3.8) is 0 Å². The monoisotopic (exact) mass is 755 g/mol. The van der Waals surface area contributed by atoms with Crippen molar-refractivity contribution < 1.29 is 8.83 Å². The van der Waals surface area contributed by atoms with Gasteiger partial charge in [0.25, 0.3) is 0 Å². The summed E-state index contributed by atoms with van der Waals surface area (Å²) in [5, 5.41) is 4.33. The van der Waals surface area contributed by atoms with Crippen LogP contribution in [0.4, 0.5) is 0 Å². The summed E-state index contributed by atoms with van der Waals surface area (Å²) < 4.78 is 13.1. The van der Waals surface area contributed by atoms with E-state index in [0.29, 0.717) is 17.5 Å². The average Bonchev–Trinajstić information content (AvgIpc) is 3.83. The fourth-order valence-electron chi connectivity index (χ4n) is 8.72. The minimum atomic E-state index is 0.568. The van der Waals surface area contributed by atoms with Crippen molar-refractivity contribution in [2.24, 2.45) is 0 Å². The first-order chi connectivity index (χ1) is 29.2. The Morgan fingerprint density at radius 2 is 0.932 bits per heavy atom. The zero-order valence-electron chi connectivity index (χ0n) is 31.8. The fourth-order valence-corrected chi connectivity index (χ4v) is 8.72. The second kappa shape index (κ2) is 13.4. The molecule has 0 aliphatic heterocycles. The molecule has 59 heavy (non-hydrogen) atoms. The number of hydrogen-bond acceptors (Lipinski definition) is 5. The van der Waals surface area contributed by atoms with Gasteiger partial charge >= 0.3 is 0 Å². The molecule has 0 bridgehead atoms. The molecule has 0 saturated heterocycles. The number of allylic oxidation sites excluding steroid dienone is 1. The molecule has 3 heterocycles. The Morgan fingerprint density at radius 1 is 0.356 bits per heavy atom. The molecule has 8 aromatic carbocycles. The van der Waals surface area contributed by atoms with E-state index < -0.39 is 0 Å². The van der Waals surface area contributed by atoms with E-state index in [1.165, 1.54) is 27.8 Å². The maximum atomic E-state index is 6.69. The third kappa shape index (κ3) is 5.58. The normalized spacial score (nSPS) is 12.4. The zero-order chi connectivity index (χ0) is 38.9. The summed E-state index contributed by atoms with van der Waals surface area (Å²) in [7, 11) is 0. The highest BCUT2D eigenvalue weighted by molar-refractivity contribution is 6.11. The molecule has 5 heteroatoms. The fraction of sp³-hybridized carbons (Fsp3) is 0.0185. The Labute approximate surface area is 339 Å². The van der Waals surface area contributed by atoms with Gasteiger partial charge in [0, 0.05) is 38.2 Å². The molecule has 11 aromatic rings. The van der Waals surface area contributed by atoms with Crippen molar-refractivity contribution in [2.45, 2.75) is 6.42 Å². The summed E-state index contributed by atoms with van der Waals surface area (Å²) in [5.74, 6) is 1.80. The van der Waals surface area contributed by atoms with E-state index in [1.807, 2.05) is 78.9 Å². The molecule has 0 radical (unpaired) electrons. The van der Waals surface area contributed by atoms with Crippen LogP contribution in [0.2, 0.25) is 0 Å². The van der Waals surface area contributed by atoms with Crippen LogP contribution in [-0.2, 0) is 6.42 Å². The number of fused-ring (bicyclic) bond motifs is 9. The van der Waals surface area contributed by atoms with Crippen molar-refractivity contribution >= 4 is 55.5 Å². The van der Waals surface area contributed by atoms with Gasteiger partial charge in [0.1, 0.15) is 22.3 Å². The van der Waals surface area contributed by atoms with Crippen molar-refractivity contribution in [1.82, 2.24) is 15.0 Å². The first-order valence-electron chi connectivity index (χ1n) is 19.9. The maximum absolute atomic E-state index is 6.69. The van der Waals surface area contributed by atoms with Crippen LogP contribution in [0, 0.1) is 0 Å². The lowest BCUT2D eigenvalue weighted by Crippen LogP contribution is -2.00. The number of aromatic nitrogens is 3. The van der Waals surface area contributed by atoms with Crippen molar-refractivity contribution in [3.8, 4) is 56.4 Å². The summed E-state index contributed by atoms with van der Waals surface area (Å²) >= 11 is 0. The van der Waals surface area contributed by atoms with Crippen LogP contribution < -0.4 is 0 Å². The van der Waals surface area contributed by atoms with E-state index in [2.05, 4.69) is 109 Å². The maximum Gasteiger partial charge on any atom is 0.167 e. The number of para-hydroxylation sites is 3. The van der Waals surface area contributed by atoms with Gasteiger partial charge in [-0.25, -0.2) is 15.0 Å². The minimum Gasteiger partial charge on any atom is -0.455 e. The molecule has 0 spiro atoms. The summed E-state index contributed by atoms with van der Waals surface area (Å²) in [6.45, 7) is 0. The molecule has 0 amide bonds. The van der Waals surface area contributed by atoms with E-state index in [-0.39, 0.29) is 0 Å².